The summed E-state index contributed by atoms with van der Waals surface area (Å²) in [6, 6.07) is 23.5. The van der Waals surface area contributed by atoms with Crippen molar-refractivity contribution in [2.45, 2.75) is 25.7 Å². The smallest absolute Gasteiger partial charge is 0.261 e. The Morgan fingerprint density at radius 2 is 1.62 bits per heavy atom. The van der Waals surface area contributed by atoms with Crippen LogP contribution in [0.3, 0.4) is 0 Å². The Balaban J connectivity index is 0.000000934. The number of pyridine rings is 1. The average molecular weight is 542 g/mol. The van der Waals surface area contributed by atoms with Crippen molar-refractivity contribution in [1.29, 1.82) is 0 Å². The van der Waals surface area contributed by atoms with Crippen molar-refractivity contribution in [3.05, 3.63) is 118 Å². The van der Waals surface area contributed by atoms with Crippen molar-refractivity contribution >= 4 is 50.9 Å². The van der Waals surface area contributed by atoms with Crippen LogP contribution >= 0.6 is 11.6 Å². The molecule has 1 aromatic heterocycles. The quantitative estimate of drug-likeness (QED) is 0.255. The van der Waals surface area contributed by atoms with Crippen LogP contribution in [0.2, 0.25) is 5.02 Å². The molecular formula is C30H30ClNO4S. The maximum atomic E-state index is 10.9. The molecule has 37 heavy (non-hydrogen) atoms. The molecule has 0 bridgehead atoms. The molecule has 0 saturated carbocycles. The Hall–Kier alpha value is -3.29. The van der Waals surface area contributed by atoms with E-state index in [1.54, 1.807) is 12.1 Å². The Morgan fingerprint density at radius 1 is 0.946 bits per heavy atom. The van der Waals surface area contributed by atoms with Crippen LogP contribution in [0, 0.1) is 0 Å². The van der Waals surface area contributed by atoms with E-state index in [1.807, 2.05) is 78.9 Å². The number of aliphatic hydroxyl groups is 1. The molecular weight excluding hydrogens is 506 g/mol. The SMILES string of the molecule is CS(=O)(=O)O.[2H]C([2H])([2H])C(O)(c1ccccc1C/C=C/c1cccc(/C=C/c2ccc3ccc(Cl)cc3n2)c1)C([2H])([2H])[2H]. The lowest BCUT2D eigenvalue weighted by Crippen LogP contribution is -2.17. The van der Waals surface area contributed by atoms with Crippen molar-refractivity contribution in [3.8, 4) is 0 Å². The molecule has 0 aliphatic carbocycles. The van der Waals surface area contributed by atoms with Gasteiger partial charge in [-0.3, -0.25) is 4.55 Å². The van der Waals surface area contributed by atoms with Gasteiger partial charge in [0.1, 0.15) is 0 Å². The Labute approximate surface area is 232 Å². The summed E-state index contributed by atoms with van der Waals surface area (Å²) >= 11 is 6.09. The molecule has 3 aromatic carbocycles. The molecule has 0 spiro atoms. The van der Waals surface area contributed by atoms with Crippen molar-refractivity contribution in [3.63, 3.8) is 0 Å². The minimum Gasteiger partial charge on any atom is -0.386 e. The van der Waals surface area contributed by atoms with E-state index in [0.717, 1.165) is 27.7 Å². The number of allylic oxidation sites excluding steroid dienone is 1. The molecule has 0 saturated heterocycles. The third kappa shape index (κ3) is 9.59. The van der Waals surface area contributed by atoms with Gasteiger partial charge in [-0.1, -0.05) is 84.4 Å². The molecule has 2 N–H and O–H groups in total. The molecule has 0 atom stereocenters. The van der Waals surface area contributed by atoms with Gasteiger partial charge in [0.2, 0.25) is 0 Å². The predicted molar refractivity (Wildman–Crippen MR) is 154 cm³/mol. The molecule has 4 rings (SSSR count). The minimum atomic E-state index is -3.67. The average Bonchev–Trinajstić information content (AvgIpc) is 2.89. The molecule has 4 aromatic rings. The van der Waals surface area contributed by atoms with Crippen molar-refractivity contribution in [2.24, 2.45) is 0 Å². The van der Waals surface area contributed by atoms with E-state index in [9.17, 15) is 13.5 Å². The summed E-state index contributed by atoms with van der Waals surface area (Å²) < 4.78 is 72.4. The van der Waals surface area contributed by atoms with Crippen LogP contribution in [-0.4, -0.2) is 29.3 Å². The molecule has 0 amide bonds. The van der Waals surface area contributed by atoms with Gasteiger partial charge in [-0.05, 0) is 72.7 Å². The zero-order chi connectivity index (χ0) is 32.1. The van der Waals surface area contributed by atoms with Crippen LogP contribution in [-0.2, 0) is 22.1 Å². The Morgan fingerprint density at radius 3 is 2.35 bits per heavy atom. The Bertz CT molecular complexity index is 1730. The first-order chi connectivity index (χ1) is 19.9. The molecule has 1 heterocycles. The second-order valence-corrected chi connectivity index (χ2v) is 10.2. The van der Waals surface area contributed by atoms with Crippen LogP contribution in [0.4, 0.5) is 0 Å². The highest BCUT2D eigenvalue weighted by Crippen LogP contribution is 2.24. The topological polar surface area (TPSA) is 87.5 Å². The van der Waals surface area contributed by atoms with Crippen LogP contribution in [0.1, 0.15) is 49.9 Å². The van der Waals surface area contributed by atoms with Gasteiger partial charge in [0.15, 0.2) is 0 Å². The van der Waals surface area contributed by atoms with Gasteiger partial charge in [-0.15, -0.1) is 0 Å². The van der Waals surface area contributed by atoms with E-state index in [1.165, 1.54) is 12.1 Å². The lowest BCUT2D eigenvalue weighted by Gasteiger charge is -2.21. The van der Waals surface area contributed by atoms with Gasteiger partial charge in [-0.25, -0.2) is 4.98 Å². The van der Waals surface area contributed by atoms with E-state index in [4.69, 9.17) is 24.4 Å². The highest BCUT2D eigenvalue weighted by molar-refractivity contribution is 7.85. The van der Waals surface area contributed by atoms with Crippen LogP contribution in [0.5, 0.6) is 0 Å². The molecule has 0 aliphatic heterocycles. The van der Waals surface area contributed by atoms with Gasteiger partial charge < -0.3 is 5.11 Å². The van der Waals surface area contributed by atoms with E-state index >= 15 is 0 Å². The first-order valence-electron chi connectivity index (χ1n) is 14.1. The van der Waals surface area contributed by atoms with Crippen LogP contribution in [0.15, 0.2) is 84.9 Å². The number of hydrogen-bond donors (Lipinski definition) is 2. The van der Waals surface area contributed by atoms with E-state index in [0.29, 0.717) is 16.8 Å². The zero-order valence-electron chi connectivity index (χ0n) is 26.0. The Kier molecular flexibility index (Phi) is 6.89. The summed E-state index contributed by atoms with van der Waals surface area (Å²) in [7, 11) is -3.67. The maximum absolute atomic E-state index is 10.9. The van der Waals surface area contributed by atoms with Gasteiger partial charge in [-0.2, -0.15) is 8.42 Å². The number of aromatic nitrogens is 1. The summed E-state index contributed by atoms with van der Waals surface area (Å²) in [5, 5.41) is 12.6. The largest absolute Gasteiger partial charge is 0.386 e. The molecule has 0 fully saturated rings. The number of nitrogens with zero attached hydrogens (tertiary/aromatic N) is 1. The van der Waals surface area contributed by atoms with E-state index < -0.39 is 29.4 Å². The van der Waals surface area contributed by atoms with E-state index in [2.05, 4.69) is 4.98 Å². The zero-order valence-corrected chi connectivity index (χ0v) is 21.5. The highest BCUT2D eigenvalue weighted by atomic mass is 35.5. The van der Waals surface area contributed by atoms with Crippen LogP contribution < -0.4 is 0 Å². The highest BCUT2D eigenvalue weighted by Gasteiger charge is 2.18. The first kappa shape index (κ1) is 20.7. The third-order valence-electron chi connectivity index (χ3n) is 5.09. The number of halogens is 1. The fourth-order valence-corrected chi connectivity index (χ4v) is 3.69. The van der Waals surface area contributed by atoms with Gasteiger partial charge in [0.05, 0.1) is 23.1 Å². The van der Waals surface area contributed by atoms with Crippen LogP contribution in [0.25, 0.3) is 29.1 Å². The normalized spacial score (nSPS) is 15.2. The van der Waals surface area contributed by atoms with Crippen molar-refractivity contribution < 1.29 is 26.3 Å². The molecule has 0 aliphatic rings. The second kappa shape index (κ2) is 12.3. The molecule has 7 heteroatoms. The first-order valence-corrected chi connectivity index (χ1v) is 13.4. The van der Waals surface area contributed by atoms with Gasteiger partial charge in [0, 0.05) is 18.6 Å². The summed E-state index contributed by atoms with van der Waals surface area (Å²) in [4.78, 5) is 4.63. The van der Waals surface area contributed by atoms with E-state index in [-0.39, 0.29) is 12.0 Å². The fourth-order valence-electron chi connectivity index (χ4n) is 3.52. The summed E-state index contributed by atoms with van der Waals surface area (Å²) in [5.74, 6) is 0. The number of benzene rings is 3. The summed E-state index contributed by atoms with van der Waals surface area (Å²) in [5.41, 5.74) is 0.818. The second-order valence-electron chi connectivity index (χ2n) is 8.28. The number of rotatable bonds is 6. The standard InChI is InChI=1S/C29H26ClNO.CH4O3S/c1-29(2,32)27-12-4-3-10-23(27)11-6-9-21-7-5-8-22(19-21)13-17-26-18-15-24-14-16-25(30)20-28(24)31-26;1-5(2,3)4/h3-10,12-20,32H,11H2,1-2H3;1H3,(H,2,3,4)/b9-6+,17-13+;/i1D3,2D3;. The fraction of sp³-hybridized carbons (Fsp3) is 0.167. The summed E-state index contributed by atoms with van der Waals surface area (Å²) in [6.45, 7) is -6.27. The monoisotopic (exact) mass is 541 g/mol. The van der Waals surface area contributed by atoms with Crippen molar-refractivity contribution in [1.82, 2.24) is 4.98 Å². The third-order valence-corrected chi connectivity index (χ3v) is 5.32. The number of fused-ring (bicyclic) bond motifs is 1. The lowest BCUT2D eigenvalue weighted by molar-refractivity contribution is 0.0777. The molecule has 0 radical (unpaired) electrons. The predicted octanol–water partition coefficient (Wildman–Crippen LogP) is 7.05. The van der Waals surface area contributed by atoms with Crippen molar-refractivity contribution in [2.75, 3.05) is 6.26 Å². The summed E-state index contributed by atoms with van der Waals surface area (Å²) in [6.07, 6.45) is 8.52. The molecule has 192 valence electrons. The van der Waals surface area contributed by atoms with Gasteiger partial charge >= 0.3 is 0 Å². The molecule has 5 nitrogen and oxygen atoms in total. The lowest BCUT2D eigenvalue weighted by atomic mass is 9.91. The number of hydrogen-bond acceptors (Lipinski definition) is 4. The maximum Gasteiger partial charge on any atom is 0.261 e. The minimum absolute atomic E-state index is 0.120. The molecule has 0 unspecified atom stereocenters. The van der Waals surface area contributed by atoms with Gasteiger partial charge in [0.25, 0.3) is 10.1 Å².